The first-order valence-electron chi connectivity index (χ1n) is 7.52. The van der Waals surface area contributed by atoms with Gasteiger partial charge in [0, 0.05) is 23.3 Å². The number of rotatable bonds is 4. The second-order valence-electron chi connectivity index (χ2n) is 5.53. The van der Waals surface area contributed by atoms with E-state index in [9.17, 15) is 10.2 Å². The fraction of sp³-hybridized carbons (Fsp3) is 0.333. The molecule has 1 aliphatic rings. The van der Waals surface area contributed by atoms with Gasteiger partial charge in [0.1, 0.15) is 17.2 Å². The Hall–Kier alpha value is -2.60. The molecule has 6 heteroatoms. The molecule has 24 heavy (non-hydrogen) atoms. The van der Waals surface area contributed by atoms with E-state index in [0.29, 0.717) is 28.6 Å². The van der Waals surface area contributed by atoms with Gasteiger partial charge in [-0.25, -0.2) is 0 Å². The summed E-state index contributed by atoms with van der Waals surface area (Å²) in [5.41, 5.74) is 1.39. The first kappa shape index (κ1) is 16.3. The summed E-state index contributed by atoms with van der Waals surface area (Å²) >= 11 is 0. The molecule has 0 saturated carbocycles. The molecule has 0 bridgehead atoms. The molecule has 2 N–H and O–H groups in total. The summed E-state index contributed by atoms with van der Waals surface area (Å²) < 4.78 is 21.7. The molecule has 0 saturated heterocycles. The van der Waals surface area contributed by atoms with Gasteiger partial charge in [0.2, 0.25) is 0 Å². The van der Waals surface area contributed by atoms with E-state index in [2.05, 4.69) is 0 Å². The maximum absolute atomic E-state index is 10.9. The highest BCUT2D eigenvalue weighted by Gasteiger charge is 2.33. The van der Waals surface area contributed by atoms with Crippen LogP contribution in [-0.4, -0.2) is 38.1 Å². The molecule has 0 unspecified atom stereocenters. The van der Waals surface area contributed by atoms with E-state index in [1.807, 2.05) is 0 Å². The van der Waals surface area contributed by atoms with Crippen LogP contribution in [0.3, 0.4) is 0 Å². The topological polar surface area (TPSA) is 77.4 Å². The first-order valence-corrected chi connectivity index (χ1v) is 7.52. The van der Waals surface area contributed by atoms with Gasteiger partial charge >= 0.3 is 0 Å². The van der Waals surface area contributed by atoms with Crippen molar-refractivity contribution in [3.8, 4) is 28.7 Å². The zero-order valence-electron chi connectivity index (χ0n) is 13.8. The number of phenols is 1. The van der Waals surface area contributed by atoms with Crippen LogP contribution in [0.15, 0.2) is 30.3 Å². The van der Waals surface area contributed by atoms with Crippen LogP contribution in [0.2, 0.25) is 0 Å². The summed E-state index contributed by atoms with van der Waals surface area (Å²) in [6.45, 7) is 0.283. The molecule has 1 aliphatic heterocycles. The van der Waals surface area contributed by atoms with Crippen LogP contribution in [0.1, 0.15) is 23.1 Å². The minimum Gasteiger partial charge on any atom is -0.508 e. The highest BCUT2D eigenvalue weighted by Crippen LogP contribution is 2.47. The Labute approximate surface area is 140 Å². The summed E-state index contributed by atoms with van der Waals surface area (Å²) in [6, 6.07) is 8.25. The maximum Gasteiger partial charge on any atom is 0.164 e. The van der Waals surface area contributed by atoms with Crippen LogP contribution in [0.4, 0.5) is 0 Å². The average molecular weight is 332 g/mol. The predicted molar refractivity (Wildman–Crippen MR) is 87.4 cm³/mol. The molecular formula is C18H20O6. The number of aromatic hydroxyl groups is 1. The highest BCUT2D eigenvalue weighted by molar-refractivity contribution is 5.54. The van der Waals surface area contributed by atoms with Crippen molar-refractivity contribution < 1.29 is 29.2 Å². The molecule has 3 rings (SSSR count). The lowest BCUT2D eigenvalue weighted by Gasteiger charge is -2.32. The quantitative estimate of drug-likeness (QED) is 0.896. The third kappa shape index (κ3) is 2.69. The third-order valence-corrected chi connectivity index (χ3v) is 4.25. The minimum atomic E-state index is -0.799. The molecule has 0 aromatic heterocycles. The second-order valence-corrected chi connectivity index (χ2v) is 5.53. The van der Waals surface area contributed by atoms with E-state index < -0.39 is 6.10 Å². The molecule has 2 aromatic carbocycles. The molecule has 0 fully saturated rings. The predicted octanol–water partition coefficient (Wildman–Crippen LogP) is 2.63. The fourth-order valence-electron chi connectivity index (χ4n) is 2.99. The third-order valence-electron chi connectivity index (χ3n) is 4.25. The summed E-state index contributed by atoms with van der Waals surface area (Å²) in [6.07, 6.45) is -0.799. The number of hydrogen-bond donors (Lipinski definition) is 2. The molecule has 2 atom stereocenters. The average Bonchev–Trinajstić information content (AvgIpc) is 2.61. The van der Waals surface area contributed by atoms with E-state index >= 15 is 0 Å². The number of benzene rings is 2. The van der Waals surface area contributed by atoms with Crippen LogP contribution >= 0.6 is 0 Å². The van der Waals surface area contributed by atoms with Crippen LogP contribution in [0.5, 0.6) is 28.7 Å². The van der Waals surface area contributed by atoms with Gasteiger partial charge in [0.25, 0.3) is 0 Å². The minimum absolute atomic E-state index is 0.105. The Morgan fingerprint density at radius 1 is 0.917 bits per heavy atom. The molecular weight excluding hydrogens is 312 g/mol. The van der Waals surface area contributed by atoms with Crippen molar-refractivity contribution in [3.05, 3.63) is 41.5 Å². The monoisotopic (exact) mass is 332 g/mol. The van der Waals surface area contributed by atoms with Gasteiger partial charge in [-0.05, 0) is 12.1 Å². The van der Waals surface area contributed by atoms with Gasteiger partial charge in [-0.15, -0.1) is 0 Å². The van der Waals surface area contributed by atoms with Crippen molar-refractivity contribution in [2.45, 2.75) is 12.0 Å². The Morgan fingerprint density at radius 3 is 2.25 bits per heavy atom. The standard InChI is InChI=1S/C18H20O6/c1-21-14-6-10(19)4-5-11(14)13-9-24-15-8-17(23-3)16(22-2)7-12(15)18(13)20/h4-8,13,18-20H,9H2,1-3H3/t13-,18+/m0/s1. The highest BCUT2D eigenvalue weighted by atomic mass is 16.5. The van der Waals surface area contributed by atoms with Gasteiger partial charge in [-0.1, -0.05) is 6.07 Å². The van der Waals surface area contributed by atoms with Gasteiger partial charge in [0.05, 0.1) is 40.0 Å². The number of methoxy groups -OCH3 is 3. The van der Waals surface area contributed by atoms with Crippen LogP contribution in [-0.2, 0) is 0 Å². The van der Waals surface area contributed by atoms with Crippen LogP contribution in [0.25, 0.3) is 0 Å². The van der Waals surface area contributed by atoms with E-state index in [1.165, 1.54) is 13.2 Å². The largest absolute Gasteiger partial charge is 0.508 e. The summed E-state index contributed by atoms with van der Waals surface area (Å²) in [7, 11) is 4.62. The molecule has 0 radical (unpaired) electrons. The van der Waals surface area contributed by atoms with E-state index in [1.54, 1.807) is 38.5 Å². The van der Waals surface area contributed by atoms with Crippen molar-refractivity contribution >= 4 is 0 Å². The van der Waals surface area contributed by atoms with Crippen molar-refractivity contribution in [1.82, 2.24) is 0 Å². The lowest BCUT2D eigenvalue weighted by atomic mass is 9.86. The number of fused-ring (bicyclic) bond motifs is 1. The van der Waals surface area contributed by atoms with E-state index in [-0.39, 0.29) is 18.3 Å². The number of aliphatic hydroxyl groups is 1. The molecule has 2 aromatic rings. The Morgan fingerprint density at radius 2 is 1.58 bits per heavy atom. The van der Waals surface area contributed by atoms with E-state index in [0.717, 1.165) is 5.56 Å². The normalized spacial score (nSPS) is 19.2. The van der Waals surface area contributed by atoms with E-state index in [4.69, 9.17) is 18.9 Å². The number of phenolic OH excluding ortho intramolecular Hbond substituents is 1. The number of ether oxygens (including phenoxy) is 4. The van der Waals surface area contributed by atoms with Crippen LogP contribution in [0, 0.1) is 0 Å². The van der Waals surface area contributed by atoms with Crippen LogP contribution < -0.4 is 18.9 Å². The molecule has 6 nitrogen and oxygen atoms in total. The van der Waals surface area contributed by atoms with Gasteiger partial charge in [-0.2, -0.15) is 0 Å². The van der Waals surface area contributed by atoms with Crippen molar-refractivity contribution in [3.63, 3.8) is 0 Å². The number of hydrogen-bond acceptors (Lipinski definition) is 6. The summed E-state index contributed by atoms with van der Waals surface area (Å²) in [4.78, 5) is 0. The fourth-order valence-corrected chi connectivity index (χ4v) is 2.99. The molecule has 0 aliphatic carbocycles. The zero-order chi connectivity index (χ0) is 17.3. The van der Waals surface area contributed by atoms with Gasteiger partial charge < -0.3 is 29.2 Å². The molecule has 1 heterocycles. The van der Waals surface area contributed by atoms with Gasteiger partial charge in [-0.3, -0.25) is 0 Å². The molecule has 128 valence electrons. The Kier molecular flexibility index (Phi) is 4.40. The molecule has 0 spiro atoms. The van der Waals surface area contributed by atoms with Crippen molar-refractivity contribution in [2.75, 3.05) is 27.9 Å². The van der Waals surface area contributed by atoms with Crippen molar-refractivity contribution in [2.24, 2.45) is 0 Å². The summed E-state index contributed by atoms with van der Waals surface area (Å²) in [5, 5.41) is 20.5. The SMILES string of the molecule is COc1cc2c(cc1OC)[C@@H](O)[C@H](c1ccc(O)cc1OC)CO2. The van der Waals surface area contributed by atoms with Crippen molar-refractivity contribution in [1.29, 1.82) is 0 Å². The lowest BCUT2D eigenvalue weighted by molar-refractivity contribution is 0.0870. The van der Waals surface area contributed by atoms with Gasteiger partial charge in [0.15, 0.2) is 11.5 Å². The Bertz CT molecular complexity index is 743. The second kappa shape index (κ2) is 6.49. The smallest absolute Gasteiger partial charge is 0.164 e. The number of aliphatic hydroxyl groups excluding tert-OH is 1. The summed E-state index contributed by atoms with van der Waals surface area (Å²) in [5.74, 6) is 1.92. The first-order chi connectivity index (χ1) is 11.6. The Balaban J connectivity index is 2.02. The molecule has 0 amide bonds. The maximum atomic E-state index is 10.9. The zero-order valence-corrected chi connectivity index (χ0v) is 13.8. The lowest BCUT2D eigenvalue weighted by Crippen LogP contribution is -2.24.